The summed E-state index contributed by atoms with van der Waals surface area (Å²) in [6.45, 7) is 5.79. The van der Waals surface area contributed by atoms with Crippen molar-refractivity contribution >= 4 is 42.5 Å². The molecular formula is C34H45N5O6S2. The van der Waals surface area contributed by atoms with Crippen molar-refractivity contribution in [1.82, 2.24) is 19.3 Å². The number of aryl methyl sites for hydroxylation is 1. The van der Waals surface area contributed by atoms with Crippen LogP contribution >= 0.6 is 0 Å². The number of unbranched alkanes of at least 4 members (excludes halogenated alkanes) is 1. The summed E-state index contributed by atoms with van der Waals surface area (Å²) >= 11 is 0. The second kappa shape index (κ2) is 15.9. The highest BCUT2D eigenvalue weighted by Gasteiger charge is 2.32. The number of anilines is 1. The Hall–Kier alpha value is -3.75. The van der Waals surface area contributed by atoms with E-state index in [2.05, 4.69) is 15.0 Å². The number of H-pyrrole nitrogens is 1. The Morgan fingerprint density at radius 3 is 2.26 bits per heavy atom. The highest BCUT2D eigenvalue weighted by Crippen LogP contribution is 2.24. The van der Waals surface area contributed by atoms with E-state index < -0.39 is 38.0 Å². The van der Waals surface area contributed by atoms with Gasteiger partial charge < -0.3 is 21.1 Å². The normalized spacial score (nSPS) is 13.7. The van der Waals surface area contributed by atoms with Gasteiger partial charge in [0.2, 0.25) is 26.0 Å². The predicted molar refractivity (Wildman–Crippen MR) is 185 cm³/mol. The topological polar surface area (TPSA) is 175 Å². The molecule has 0 bridgehead atoms. The highest BCUT2D eigenvalue weighted by atomic mass is 32.2. The predicted octanol–water partition coefficient (Wildman–Crippen LogP) is 3.94. The van der Waals surface area contributed by atoms with Crippen LogP contribution in [0.3, 0.4) is 0 Å². The molecule has 4 rings (SSSR count). The summed E-state index contributed by atoms with van der Waals surface area (Å²) in [7, 11) is -7.90. The maximum Gasteiger partial charge on any atom is 0.243 e. The van der Waals surface area contributed by atoms with Gasteiger partial charge >= 0.3 is 0 Å². The number of aliphatic hydroxyl groups excluding tert-OH is 1. The molecule has 0 saturated heterocycles. The number of aromatic nitrogens is 1. The zero-order valence-electron chi connectivity index (χ0n) is 27.0. The Labute approximate surface area is 277 Å². The number of carbonyl (C=O) groups excluding carboxylic acids is 1. The van der Waals surface area contributed by atoms with Crippen LogP contribution in [-0.4, -0.2) is 68.9 Å². The van der Waals surface area contributed by atoms with Gasteiger partial charge in [-0.25, -0.2) is 16.8 Å². The van der Waals surface area contributed by atoms with E-state index >= 15 is 0 Å². The highest BCUT2D eigenvalue weighted by molar-refractivity contribution is 7.89. The van der Waals surface area contributed by atoms with Gasteiger partial charge in [-0.05, 0) is 80.1 Å². The summed E-state index contributed by atoms with van der Waals surface area (Å²) in [4.78, 5) is 16.8. The molecule has 4 aromatic rings. The summed E-state index contributed by atoms with van der Waals surface area (Å²) in [6, 6.07) is 18.3. The lowest BCUT2D eigenvalue weighted by molar-refractivity contribution is -0.122. The van der Waals surface area contributed by atoms with E-state index in [-0.39, 0.29) is 41.8 Å². The van der Waals surface area contributed by atoms with Crippen LogP contribution < -0.4 is 15.8 Å². The summed E-state index contributed by atoms with van der Waals surface area (Å²) in [6.07, 6.45) is 3.28. The minimum absolute atomic E-state index is 0.0182. The van der Waals surface area contributed by atoms with Crippen LogP contribution in [0, 0.1) is 12.8 Å². The number of nitrogen functional groups attached to an aromatic ring is 1. The Bertz CT molecular complexity index is 1840. The minimum atomic E-state index is -4.00. The molecule has 0 aliphatic carbocycles. The van der Waals surface area contributed by atoms with E-state index in [4.69, 9.17) is 5.73 Å². The monoisotopic (exact) mass is 683 g/mol. The van der Waals surface area contributed by atoms with E-state index in [0.29, 0.717) is 24.9 Å². The van der Waals surface area contributed by atoms with Crippen LogP contribution in [0.2, 0.25) is 0 Å². The molecule has 0 radical (unpaired) electrons. The van der Waals surface area contributed by atoms with Gasteiger partial charge in [-0.2, -0.15) is 9.03 Å². The second-order valence-electron chi connectivity index (χ2n) is 12.2. The number of hydrogen-bond acceptors (Lipinski definition) is 7. The molecule has 47 heavy (non-hydrogen) atoms. The first-order valence-corrected chi connectivity index (χ1v) is 18.6. The Morgan fingerprint density at radius 2 is 1.60 bits per heavy atom. The largest absolute Gasteiger partial charge is 0.399 e. The Morgan fingerprint density at radius 1 is 0.936 bits per heavy atom. The molecule has 1 aromatic heterocycles. The average Bonchev–Trinajstić information content (AvgIpc) is 3.44. The van der Waals surface area contributed by atoms with Crippen LogP contribution in [0.15, 0.2) is 88.8 Å². The molecule has 254 valence electrons. The van der Waals surface area contributed by atoms with Gasteiger partial charge in [-0.15, -0.1) is 0 Å². The van der Waals surface area contributed by atoms with Crippen LogP contribution in [-0.2, 0) is 31.3 Å². The van der Waals surface area contributed by atoms with Crippen LogP contribution in [0.1, 0.15) is 44.2 Å². The van der Waals surface area contributed by atoms with Crippen LogP contribution in [0.5, 0.6) is 0 Å². The van der Waals surface area contributed by atoms with Gasteiger partial charge in [-0.1, -0.05) is 56.2 Å². The van der Waals surface area contributed by atoms with Crippen LogP contribution in [0.25, 0.3) is 10.9 Å². The second-order valence-corrected chi connectivity index (χ2v) is 15.8. The maximum atomic E-state index is 13.5. The number of nitrogens with two attached hydrogens (primary N) is 1. The fourth-order valence-electron chi connectivity index (χ4n) is 5.43. The fourth-order valence-corrected chi connectivity index (χ4v) is 8.43. The molecule has 6 N–H and O–H groups in total. The van der Waals surface area contributed by atoms with Crippen molar-refractivity contribution in [3.05, 3.63) is 90.1 Å². The number of carbonyl (C=O) groups is 1. The number of hydrogen-bond donors (Lipinski definition) is 5. The van der Waals surface area contributed by atoms with E-state index in [1.54, 1.807) is 18.3 Å². The van der Waals surface area contributed by atoms with Crippen molar-refractivity contribution in [1.29, 1.82) is 0 Å². The smallest absolute Gasteiger partial charge is 0.243 e. The van der Waals surface area contributed by atoms with Crippen molar-refractivity contribution in [3.8, 4) is 0 Å². The minimum Gasteiger partial charge on any atom is -0.399 e. The Balaban J connectivity index is 1.42. The number of aliphatic hydroxyl groups is 1. The van der Waals surface area contributed by atoms with Gasteiger partial charge in [0, 0.05) is 41.9 Å². The summed E-state index contributed by atoms with van der Waals surface area (Å²) in [5.74, 6) is -0.457. The van der Waals surface area contributed by atoms with Crippen molar-refractivity contribution in [2.24, 2.45) is 5.92 Å². The molecule has 0 fully saturated rings. The number of fused-ring (bicyclic) bond motifs is 1. The lowest BCUT2D eigenvalue weighted by atomic mass is 10.0. The first-order chi connectivity index (χ1) is 22.3. The van der Waals surface area contributed by atoms with Gasteiger partial charge in [0.15, 0.2) is 0 Å². The van der Waals surface area contributed by atoms with Crippen molar-refractivity contribution < 1.29 is 26.7 Å². The first-order valence-electron chi connectivity index (χ1n) is 15.7. The molecule has 0 saturated carbocycles. The molecule has 0 aliphatic rings. The number of rotatable bonds is 17. The maximum absolute atomic E-state index is 13.5. The third-order valence-electron chi connectivity index (χ3n) is 7.96. The fraction of sp³-hybridized carbons (Fsp3) is 0.382. The van der Waals surface area contributed by atoms with E-state index in [9.17, 15) is 26.7 Å². The number of sulfonamides is 2. The molecule has 0 spiro atoms. The standard InChI is InChI=1S/C34H45N5O6S2/c1-24(2)22-39(47(44,45)30-17-13-27(35)14-18-30)28(23-40)8-6-7-19-36-34(41)33(20-26-21-37-32-10-5-4-9-31(26)32)38-46(42,43)29-15-11-25(3)12-16-29/h4-5,9-18,21,24,28,33,37-38,40H,6-8,19-20,22-23,35H2,1-3H3,(H,36,41)/t28-,33-/m0/s1. The lowest BCUT2D eigenvalue weighted by Crippen LogP contribution is -2.48. The molecule has 13 heteroatoms. The van der Waals surface area contributed by atoms with E-state index in [0.717, 1.165) is 22.0 Å². The average molecular weight is 684 g/mol. The summed E-state index contributed by atoms with van der Waals surface area (Å²) in [5.41, 5.74) is 8.79. The van der Waals surface area contributed by atoms with Crippen LogP contribution in [0.4, 0.5) is 5.69 Å². The SMILES string of the molecule is Cc1ccc(S(=O)(=O)N[C@@H](Cc2c[nH]c3ccccc23)C(=O)NCCCC[C@@H](CO)N(CC(C)C)S(=O)(=O)c2ccc(N)cc2)cc1. The number of amides is 1. The van der Waals surface area contributed by atoms with Gasteiger partial charge in [0.05, 0.1) is 16.4 Å². The van der Waals surface area contributed by atoms with Gasteiger partial charge in [0.1, 0.15) is 6.04 Å². The number of nitrogens with one attached hydrogen (secondary N) is 3. The summed E-state index contributed by atoms with van der Waals surface area (Å²) < 4.78 is 57.6. The zero-order valence-corrected chi connectivity index (χ0v) is 28.6. The molecule has 2 atom stereocenters. The van der Waals surface area contributed by atoms with Gasteiger partial charge in [0.25, 0.3) is 0 Å². The number of benzene rings is 3. The lowest BCUT2D eigenvalue weighted by Gasteiger charge is -2.31. The zero-order chi connectivity index (χ0) is 34.2. The van der Waals surface area contributed by atoms with Crippen molar-refractivity contribution in [2.75, 3.05) is 25.4 Å². The molecule has 3 aromatic carbocycles. The third kappa shape index (κ3) is 9.42. The molecule has 1 heterocycles. The third-order valence-corrected chi connectivity index (χ3v) is 11.4. The Kier molecular flexibility index (Phi) is 12.2. The van der Waals surface area contributed by atoms with E-state index in [1.807, 2.05) is 45.0 Å². The first kappa shape index (κ1) is 36.1. The van der Waals surface area contributed by atoms with Gasteiger partial charge in [-0.3, -0.25) is 4.79 Å². The molecule has 1 amide bonds. The molecule has 0 unspecified atom stereocenters. The van der Waals surface area contributed by atoms with Crippen molar-refractivity contribution in [2.45, 2.75) is 68.3 Å². The molecule has 0 aliphatic heterocycles. The number of nitrogens with zero attached hydrogens (tertiary/aromatic N) is 1. The van der Waals surface area contributed by atoms with Crippen molar-refractivity contribution in [3.63, 3.8) is 0 Å². The quantitative estimate of drug-likeness (QED) is 0.0828. The number of para-hydroxylation sites is 1. The number of aromatic amines is 1. The molecular weight excluding hydrogens is 639 g/mol. The van der Waals surface area contributed by atoms with E-state index in [1.165, 1.54) is 40.7 Å². The summed E-state index contributed by atoms with van der Waals surface area (Å²) in [5, 5.41) is 14.0. The molecule has 11 nitrogen and oxygen atoms in total.